The van der Waals surface area contributed by atoms with Gasteiger partial charge in [-0.15, -0.1) is 11.3 Å². The second-order valence-corrected chi connectivity index (χ2v) is 7.04. The van der Waals surface area contributed by atoms with Gasteiger partial charge in [0, 0.05) is 28.8 Å². The van der Waals surface area contributed by atoms with Crippen molar-refractivity contribution in [2.45, 2.75) is 25.7 Å². The highest BCUT2D eigenvalue weighted by atomic mass is 35.5. The largest absolute Gasteiger partial charge is 0.468 e. The molecular formula is C17H16ClNO3S. The SMILES string of the molecule is COC(=O)C1(Cc2nc(-c3ccc(Cl)cc3)cs2)CCCC1=O. The van der Waals surface area contributed by atoms with E-state index in [1.807, 2.05) is 29.6 Å². The summed E-state index contributed by atoms with van der Waals surface area (Å²) in [6.45, 7) is 0. The van der Waals surface area contributed by atoms with Crippen molar-refractivity contribution >= 4 is 34.7 Å². The van der Waals surface area contributed by atoms with E-state index in [1.165, 1.54) is 18.4 Å². The van der Waals surface area contributed by atoms with E-state index >= 15 is 0 Å². The number of nitrogens with zero attached hydrogens (tertiary/aromatic N) is 1. The zero-order valence-electron chi connectivity index (χ0n) is 12.7. The summed E-state index contributed by atoms with van der Waals surface area (Å²) in [6, 6.07) is 7.43. The zero-order valence-corrected chi connectivity index (χ0v) is 14.2. The van der Waals surface area contributed by atoms with E-state index in [1.54, 1.807) is 0 Å². The number of thiazole rings is 1. The summed E-state index contributed by atoms with van der Waals surface area (Å²) in [5.41, 5.74) is 0.734. The quantitative estimate of drug-likeness (QED) is 0.620. The molecule has 0 spiro atoms. The van der Waals surface area contributed by atoms with E-state index in [2.05, 4.69) is 4.98 Å². The molecule has 0 bridgehead atoms. The van der Waals surface area contributed by atoms with Crippen LogP contribution in [0, 0.1) is 5.41 Å². The lowest BCUT2D eigenvalue weighted by atomic mass is 9.82. The van der Waals surface area contributed by atoms with Crippen molar-refractivity contribution in [3.05, 3.63) is 39.7 Å². The molecule has 1 atom stereocenters. The Morgan fingerprint density at radius 3 is 2.74 bits per heavy atom. The Hall–Kier alpha value is -1.72. The molecule has 0 amide bonds. The minimum Gasteiger partial charge on any atom is -0.468 e. The van der Waals surface area contributed by atoms with Crippen LogP contribution in [0.15, 0.2) is 29.6 Å². The molecule has 1 aromatic heterocycles. The third kappa shape index (κ3) is 3.03. The minimum atomic E-state index is -1.05. The molecule has 0 N–H and O–H groups in total. The van der Waals surface area contributed by atoms with Crippen LogP contribution in [-0.4, -0.2) is 23.8 Å². The van der Waals surface area contributed by atoms with Crippen molar-refractivity contribution in [2.24, 2.45) is 5.41 Å². The normalized spacial score (nSPS) is 20.7. The average Bonchev–Trinajstić information content (AvgIpc) is 3.16. The van der Waals surface area contributed by atoms with Crippen molar-refractivity contribution in [3.8, 4) is 11.3 Å². The second-order valence-electron chi connectivity index (χ2n) is 5.66. The second kappa shape index (κ2) is 6.42. The maximum Gasteiger partial charge on any atom is 0.319 e. The minimum absolute atomic E-state index is 0.0346. The van der Waals surface area contributed by atoms with Crippen molar-refractivity contribution < 1.29 is 14.3 Å². The van der Waals surface area contributed by atoms with Crippen LogP contribution in [0.5, 0.6) is 0 Å². The van der Waals surface area contributed by atoms with Crippen LogP contribution in [0.4, 0.5) is 0 Å². The number of hydrogen-bond donors (Lipinski definition) is 0. The number of hydrogen-bond acceptors (Lipinski definition) is 5. The third-order valence-corrected chi connectivity index (χ3v) is 5.36. The number of benzene rings is 1. The van der Waals surface area contributed by atoms with Gasteiger partial charge in [-0.1, -0.05) is 23.7 Å². The number of aromatic nitrogens is 1. The van der Waals surface area contributed by atoms with Gasteiger partial charge < -0.3 is 4.74 Å². The zero-order chi connectivity index (χ0) is 16.4. The highest BCUT2D eigenvalue weighted by Crippen LogP contribution is 2.40. The van der Waals surface area contributed by atoms with E-state index in [0.717, 1.165) is 22.7 Å². The van der Waals surface area contributed by atoms with Crippen LogP contribution in [-0.2, 0) is 20.7 Å². The molecule has 1 unspecified atom stereocenters. The number of Topliss-reactive ketones (excluding diaryl/α,β-unsaturated/α-hetero) is 1. The van der Waals surface area contributed by atoms with Crippen LogP contribution in [0.2, 0.25) is 5.02 Å². The Morgan fingerprint density at radius 1 is 1.39 bits per heavy atom. The summed E-state index contributed by atoms with van der Waals surface area (Å²) in [5, 5.41) is 3.38. The fourth-order valence-electron chi connectivity index (χ4n) is 3.00. The van der Waals surface area contributed by atoms with E-state index < -0.39 is 11.4 Å². The predicted octanol–water partition coefficient (Wildman–Crippen LogP) is 3.92. The molecule has 23 heavy (non-hydrogen) atoms. The monoisotopic (exact) mass is 349 g/mol. The molecule has 6 heteroatoms. The third-order valence-electron chi connectivity index (χ3n) is 4.26. The number of carbonyl (C=O) groups excluding carboxylic acids is 2. The maximum absolute atomic E-state index is 12.3. The van der Waals surface area contributed by atoms with E-state index in [4.69, 9.17) is 16.3 Å². The predicted molar refractivity (Wildman–Crippen MR) is 89.6 cm³/mol. The average molecular weight is 350 g/mol. The maximum atomic E-state index is 12.3. The van der Waals surface area contributed by atoms with Crippen LogP contribution >= 0.6 is 22.9 Å². The van der Waals surface area contributed by atoms with Crippen molar-refractivity contribution in [2.75, 3.05) is 7.11 Å². The van der Waals surface area contributed by atoms with Gasteiger partial charge in [0.15, 0.2) is 5.78 Å². The summed E-state index contributed by atoms with van der Waals surface area (Å²) in [5.74, 6) is -0.476. The first-order valence-electron chi connectivity index (χ1n) is 7.37. The van der Waals surface area contributed by atoms with E-state index in [0.29, 0.717) is 24.3 Å². The van der Waals surface area contributed by atoms with Crippen molar-refractivity contribution in [1.82, 2.24) is 4.98 Å². The van der Waals surface area contributed by atoms with Crippen LogP contribution in [0.3, 0.4) is 0 Å². The van der Waals surface area contributed by atoms with Gasteiger partial charge in [0.1, 0.15) is 5.41 Å². The number of esters is 1. The van der Waals surface area contributed by atoms with Crippen LogP contribution in [0.1, 0.15) is 24.3 Å². The topological polar surface area (TPSA) is 56.3 Å². The molecule has 0 aliphatic heterocycles. The first kappa shape index (κ1) is 16.1. The molecule has 1 saturated carbocycles. The van der Waals surface area contributed by atoms with Crippen molar-refractivity contribution in [1.29, 1.82) is 0 Å². The Labute approximate surface area is 143 Å². The van der Waals surface area contributed by atoms with Crippen LogP contribution in [0.25, 0.3) is 11.3 Å². The number of rotatable bonds is 4. The molecule has 0 saturated heterocycles. The Balaban J connectivity index is 1.86. The van der Waals surface area contributed by atoms with Gasteiger partial charge in [0.05, 0.1) is 17.8 Å². The highest BCUT2D eigenvalue weighted by Gasteiger charge is 2.50. The van der Waals surface area contributed by atoms with E-state index in [-0.39, 0.29) is 5.78 Å². The van der Waals surface area contributed by atoms with Gasteiger partial charge in [-0.05, 0) is 25.0 Å². The lowest BCUT2D eigenvalue weighted by molar-refractivity contribution is -0.156. The first-order chi connectivity index (χ1) is 11.0. The number of halogens is 1. The Bertz CT molecular complexity index is 741. The van der Waals surface area contributed by atoms with E-state index in [9.17, 15) is 9.59 Å². The summed E-state index contributed by atoms with van der Waals surface area (Å²) in [7, 11) is 1.33. The highest BCUT2D eigenvalue weighted by molar-refractivity contribution is 7.10. The summed E-state index contributed by atoms with van der Waals surface area (Å²) in [4.78, 5) is 29.0. The molecule has 1 aliphatic rings. The number of methoxy groups -OCH3 is 1. The molecule has 2 aromatic rings. The molecule has 4 nitrogen and oxygen atoms in total. The fraction of sp³-hybridized carbons (Fsp3) is 0.353. The van der Waals surface area contributed by atoms with Crippen LogP contribution < -0.4 is 0 Å². The molecule has 1 fully saturated rings. The lowest BCUT2D eigenvalue weighted by Crippen LogP contribution is -2.38. The number of ketones is 1. The van der Waals surface area contributed by atoms with Gasteiger partial charge in [-0.25, -0.2) is 4.98 Å². The molecule has 3 rings (SSSR count). The molecular weight excluding hydrogens is 334 g/mol. The van der Waals surface area contributed by atoms with Crippen molar-refractivity contribution in [3.63, 3.8) is 0 Å². The van der Waals surface area contributed by atoms with Gasteiger partial charge in [0.2, 0.25) is 0 Å². The molecule has 120 valence electrons. The molecule has 1 heterocycles. The smallest absolute Gasteiger partial charge is 0.319 e. The first-order valence-corrected chi connectivity index (χ1v) is 8.63. The molecule has 0 radical (unpaired) electrons. The number of ether oxygens (including phenoxy) is 1. The number of carbonyl (C=O) groups is 2. The van der Waals surface area contributed by atoms with Gasteiger partial charge in [0.25, 0.3) is 0 Å². The molecule has 1 aromatic carbocycles. The standard InChI is InChI=1S/C17H16ClNO3S/c1-22-16(21)17(8-2-3-14(17)20)9-15-19-13(10-23-15)11-4-6-12(18)7-5-11/h4-7,10H,2-3,8-9H2,1H3. The van der Waals surface area contributed by atoms with Gasteiger partial charge in [-0.3, -0.25) is 9.59 Å². The van der Waals surface area contributed by atoms with Gasteiger partial charge >= 0.3 is 5.97 Å². The summed E-state index contributed by atoms with van der Waals surface area (Å²) in [6.07, 6.45) is 2.01. The lowest BCUT2D eigenvalue weighted by Gasteiger charge is -2.22. The summed E-state index contributed by atoms with van der Waals surface area (Å²) < 4.78 is 4.89. The fourth-order valence-corrected chi connectivity index (χ4v) is 4.05. The molecule has 1 aliphatic carbocycles. The Kier molecular flexibility index (Phi) is 4.50. The van der Waals surface area contributed by atoms with Gasteiger partial charge in [-0.2, -0.15) is 0 Å². The summed E-state index contributed by atoms with van der Waals surface area (Å²) >= 11 is 7.36. The Morgan fingerprint density at radius 2 is 2.13 bits per heavy atom.